The molecule has 0 aliphatic heterocycles. The predicted octanol–water partition coefficient (Wildman–Crippen LogP) is 0.748. The van der Waals surface area contributed by atoms with Crippen LogP contribution in [0.15, 0.2) is 0 Å². The van der Waals surface area contributed by atoms with Crippen molar-refractivity contribution in [1.29, 1.82) is 0 Å². The van der Waals surface area contributed by atoms with Gasteiger partial charge in [-0.3, -0.25) is 0 Å². The van der Waals surface area contributed by atoms with Crippen LogP contribution in [0.25, 0.3) is 0 Å². The molecule has 16 valence electrons. The van der Waals surface area contributed by atoms with Crippen molar-refractivity contribution in [2.75, 3.05) is 0 Å². The summed E-state index contributed by atoms with van der Waals surface area (Å²) in [4.78, 5) is 0. The molecule has 0 saturated carbocycles. The van der Waals surface area contributed by atoms with E-state index < -0.39 is 0 Å². The summed E-state index contributed by atoms with van der Waals surface area (Å²) >= 11 is 1.13. The zero-order chi connectivity index (χ0) is 2.00. The Kier molecular flexibility index (Phi) is 81.8. The second-order valence-corrected chi connectivity index (χ2v) is 0. The first-order valence-electron chi connectivity index (χ1n) is 0.204. The Bertz CT molecular complexity index is 8.00. The van der Waals surface area contributed by atoms with E-state index >= 15 is 0 Å². The summed E-state index contributed by atoms with van der Waals surface area (Å²) in [5.74, 6) is 0. The Morgan fingerprint density at radius 1 is 1.25 bits per heavy atom. The molecular weight excluding hydrogens is 189 g/mol. The van der Waals surface area contributed by atoms with Crippen LogP contribution in [0.1, 0.15) is 0 Å². The molecule has 0 aromatic rings. The van der Waals surface area contributed by atoms with E-state index in [1.54, 1.807) is 0 Å². The fourth-order valence-corrected chi connectivity index (χ4v) is 0. The fraction of sp³-hybridized carbons (Fsp3) is 0. The third-order valence-corrected chi connectivity index (χ3v) is 0. The molecule has 0 aromatic carbocycles. The second-order valence-electron chi connectivity index (χ2n) is 0. The van der Waals surface area contributed by atoms with Gasteiger partial charge in [0, 0.05) is 28.8 Å². The Labute approximate surface area is 58.2 Å². The number of hydrogen-bond donors (Lipinski definition) is 0. The van der Waals surface area contributed by atoms with Crippen molar-refractivity contribution in [3.63, 3.8) is 0 Å². The van der Waals surface area contributed by atoms with Gasteiger partial charge in [0.15, 0.2) is 0 Å². The monoisotopic (exact) mass is 190 g/mol. The number of rotatable bonds is 0. The molecule has 4 heavy (non-hydrogen) atoms. The van der Waals surface area contributed by atoms with Crippen LogP contribution < -0.4 is 0 Å². The topological polar surface area (TPSA) is 0 Å². The van der Waals surface area contributed by atoms with Gasteiger partial charge < -0.3 is 0 Å². The second kappa shape index (κ2) is 19.7. The molecule has 0 rings (SSSR count). The van der Waals surface area contributed by atoms with Gasteiger partial charge in [-0.25, -0.2) is 0 Å². The Balaban J connectivity index is -0.00000000500. The van der Waals surface area contributed by atoms with E-state index in [2.05, 4.69) is 9.29 Å². The summed E-state index contributed by atoms with van der Waals surface area (Å²) in [5, 5.41) is 0. The van der Waals surface area contributed by atoms with Crippen LogP contribution in [0.5, 0.6) is 0 Å². The molecule has 0 unspecified atom stereocenters. The van der Waals surface area contributed by atoms with E-state index in [0.717, 1.165) is 20.6 Å². The van der Waals surface area contributed by atoms with Crippen molar-refractivity contribution in [2.45, 2.75) is 0 Å². The molecule has 0 aromatic heterocycles. The molecule has 6 radical (unpaired) electrons. The first kappa shape index (κ1) is 16.6. The SMILES string of the molecule is [Li].[P].[S]=[Sn]. The third-order valence-electron chi connectivity index (χ3n) is 0. The maximum absolute atomic E-state index is 4.17. The van der Waals surface area contributed by atoms with Crippen molar-refractivity contribution in [3.05, 3.63) is 0 Å². The van der Waals surface area contributed by atoms with E-state index in [0.29, 0.717) is 0 Å². The summed E-state index contributed by atoms with van der Waals surface area (Å²) in [6.45, 7) is 0. The summed E-state index contributed by atoms with van der Waals surface area (Å²) in [6, 6.07) is 0. The summed E-state index contributed by atoms with van der Waals surface area (Å²) < 4.78 is 0. The van der Waals surface area contributed by atoms with Crippen LogP contribution in [0.4, 0.5) is 0 Å². The van der Waals surface area contributed by atoms with Gasteiger partial charge in [-0.1, -0.05) is 0 Å². The fourth-order valence-electron chi connectivity index (χ4n) is 0. The van der Waals surface area contributed by atoms with Crippen molar-refractivity contribution < 1.29 is 0 Å². The Hall–Kier alpha value is 2.05. The summed E-state index contributed by atoms with van der Waals surface area (Å²) in [6.07, 6.45) is 0. The van der Waals surface area contributed by atoms with E-state index in [4.69, 9.17) is 0 Å². The van der Waals surface area contributed by atoms with E-state index in [1.165, 1.54) is 0 Å². The Morgan fingerprint density at radius 3 is 1.25 bits per heavy atom. The molecule has 0 saturated heterocycles. The van der Waals surface area contributed by atoms with Crippen LogP contribution in [0, 0.1) is 0 Å². The van der Waals surface area contributed by atoms with Gasteiger partial charge in [0.1, 0.15) is 0 Å². The number of hydrogen-bond acceptors (Lipinski definition) is 1. The molecule has 0 aliphatic rings. The quantitative estimate of drug-likeness (QED) is 0.400. The predicted molar refractivity (Wildman–Crippen MR) is 26.0 cm³/mol. The molecule has 0 aliphatic carbocycles. The molecule has 0 spiro atoms. The average molecular weight is 189 g/mol. The molecular formula is LiPSSn. The van der Waals surface area contributed by atoms with Crippen molar-refractivity contribution in [1.82, 2.24) is 0 Å². The van der Waals surface area contributed by atoms with Crippen LogP contribution in [-0.4, -0.2) is 39.4 Å². The van der Waals surface area contributed by atoms with Gasteiger partial charge in [0.05, 0.1) is 0 Å². The first-order chi connectivity index (χ1) is 1.00. The van der Waals surface area contributed by atoms with Crippen LogP contribution in [0.2, 0.25) is 0 Å². The first-order valence-corrected chi connectivity index (χ1v) is 4.11. The molecule has 0 amide bonds. The maximum atomic E-state index is 4.17. The molecule has 0 fully saturated rings. The van der Waals surface area contributed by atoms with E-state index in [9.17, 15) is 0 Å². The van der Waals surface area contributed by atoms with Crippen LogP contribution in [0.3, 0.4) is 0 Å². The van der Waals surface area contributed by atoms with Gasteiger partial charge in [0.25, 0.3) is 0 Å². The van der Waals surface area contributed by atoms with Crippen molar-refractivity contribution in [3.8, 4) is 0 Å². The third kappa shape index (κ3) is 8.97. The molecule has 0 nitrogen and oxygen atoms in total. The van der Waals surface area contributed by atoms with Crippen LogP contribution >= 0.6 is 19.2 Å². The van der Waals surface area contributed by atoms with Gasteiger partial charge in [-0.15, -0.1) is 0 Å². The van der Waals surface area contributed by atoms with E-state index in [-0.39, 0.29) is 28.8 Å². The van der Waals surface area contributed by atoms with Gasteiger partial charge in [0.2, 0.25) is 0 Å². The molecule has 0 bridgehead atoms. The molecule has 4 heteroatoms. The average Bonchev–Trinajstić information content (AvgIpc) is 1.00. The molecule has 0 N–H and O–H groups in total. The van der Waals surface area contributed by atoms with Gasteiger partial charge >= 0.3 is 29.9 Å². The van der Waals surface area contributed by atoms with E-state index in [1.807, 2.05) is 0 Å². The van der Waals surface area contributed by atoms with Crippen LogP contribution in [-0.2, 0) is 0 Å². The summed E-state index contributed by atoms with van der Waals surface area (Å²) in [5.41, 5.74) is 0. The van der Waals surface area contributed by atoms with Crippen molar-refractivity contribution in [2.24, 2.45) is 0 Å². The van der Waals surface area contributed by atoms with Gasteiger partial charge in [-0.05, 0) is 0 Å². The normalized spacial score (nSPS) is 1.00. The standard InChI is InChI=1S/Li.P.S.Sn. The summed E-state index contributed by atoms with van der Waals surface area (Å²) in [7, 11) is 4.17. The van der Waals surface area contributed by atoms with Gasteiger partial charge in [-0.2, -0.15) is 0 Å². The molecule has 0 heterocycles. The Morgan fingerprint density at radius 2 is 1.25 bits per heavy atom. The molecule has 0 atom stereocenters. The zero-order valence-corrected chi connectivity index (χ0v) is 6.92. The zero-order valence-electron chi connectivity index (χ0n) is 2.36. The minimum atomic E-state index is 0. The minimum absolute atomic E-state index is 0. The van der Waals surface area contributed by atoms with Crippen molar-refractivity contribution >= 4 is 58.6 Å².